The van der Waals surface area contributed by atoms with E-state index in [1.54, 1.807) is 13.1 Å². The lowest BCUT2D eigenvalue weighted by Crippen LogP contribution is -2.34. The summed E-state index contributed by atoms with van der Waals surface area (Å²) in [5.41, 5.74) is 3.31. The average molecular weight is 314 g/mol. The largest absolute Gasteiger partial charge is 0.324 e. The van der Waals surface area contributed by atoms with Gasteiger partial charge in [-0.05, 0) is 25.2 Å². The number of carbonyl (C=O) groups excluding carboxylic acids is 1. The van der Waals surface area contributed by atoms with Crippen molar-refractivity contribution in [3.8, 4) is 0 Å². The SMILES string of the molecule is CNCC1N=C(c2ccccc2)c2cc(Cl)ccc2NC1=O. The second-order valence-electron chi connectivity index (χ2n) is 5.10. The van der Waals surface area contributed by atoms with Crippen LogP contribution in [0.15, 0.2) is 53.5 Å². The summed E-state index contributed by atoms with van der Waals surface area (Å²) < 4.78 is 0. The molecule has 2 N–H and O–H groups in total. The molecule has 0 saturated carbocycles. The molecule has 0 radical (unpaired) electrons. The maximum absolute atomic E-state index is 12.3. The summed E-state index contributed by atoms with van der Waals surface area (Å²) in [6.07, 6.45) is 0. The Hall–Kier alpha value is -2.17. The van der Waals surface area contributed by atoms with Crippen LogP contribution in [0, 0.1) is 0 Å². The Kier molecular flexibility index (Phi) is 4.22. The third-order valence-corrected chi connectivity index (χ3v) is 3.76. The van der Waals surface area contributed by atoms with E-state index in [2.05, 4.69) is 15.6 Å². The fourth-order valence-corrected chi connectivity index (χ4v) is 2.65. The molecular formula is C17H16ClN3O. The average Bonchev–Trinajstić information content (AvgIpc) is 2.66. The highest BCUT2D eigenvalue weighted by atomic mass is 35.5. The lowest BCUT2D eigenvalue weighted by atomic mass is 10.0. The molecule has 1 amide bonds. The Balaban J connectivity index is 2.18. The summed E-state index contributed by atoms with van der Waals surface area (Å²) in [4.78, 5) is 17.0. The van der Waals surface area contributed by atoms with E-state index in [0.29, 0.717) is 11.6 Å². The fraction of sp³-hybridized carbons (Fsp3) is 0.176. The number of aliphatic imine (C=N–C) groups is 1. The van der Waals surface area contributed by atoms with Crippen molar-refractivity contribution in [3.05, 3.63) is 64.7 Å². The summed E-state index contributed by atoms with van der Waals surface area (Å²) in [6, 6.07) is 14.8. The Labute approximate surface area is 134 Å². The monoisotopic (exact) mass is 313 g/mol. The standard InChI is InChI=1S/C17H16ClN3O/c1-19-10-15-17(22)21-14-8-7-12(18)9-13(14)16(20-15)11-5-3-2-4-6-11/h2-9,15,19H,10H2,1H3,(H,21,22). The van der Waals surface area contributed by atoms with Gasteiger partial charge < -0.3 is 10.6 Å². The van der Waals surface area contributed by atoms with Crippen LogP contribution in [0.5, 0.6) is 0 Å². The van der Waals surface area contributed by atoms with E-state index in [1.807, 2.05) is 42.5 Å². The van der Waals surface area contributed by atoms with Gasteiger partial charge in [-0.3, -0.25) is 9.79 Å². The van der Waals surface area contributed by atoms with Crippen LogP contribution in [0.1, 0.15) is 11.1 Å². The van der Waals surface area contributed by atoms with Crippen molar-refractivity contribution in [1.29, 1.82) is 0 Å². The predicted octanol–water partition coefficient (Wildman–Crippen LogP) is 2.72. The molecule has 3 rings (SSSR count). The molecule has 2 aromatic carbocycles. The van der Waals surface area contributed by atoms with Gasteiger partial charge in [0, 0.05) is 22.7 Å². The number of nitrogens with one attached hydrogen (secondary N) is 2. The number of amides is 1. The summed E-state index contributed by atoms with van der Waals surface area (Å²) in [5.74, 6) is -0.121. The molecule has 1 aliphatic rings. The van der Waals surface area contributed by atoms with Crippen LogP contribution in [0.4, 0.5) is 5.69 Å². The van der Waals surface area contributed by atoms with Crippen LogP contribution in [-0.4, -0.2) is 31.3 Å². The van der Waals surface area contributed by atoms with E-state index in [9.17, 15) is 4.79 Å². The van der Waals surface area contributed by atoms with Crippen LogP contribution in [0.2, 0.25) is 5.02 Å². The molecular weight excluding hydrogens is 298 g/mol. The normalized spacial score (nSPS) is 17.3. The molecule has 5 heteroatoms. The first-order chi connectivity index (χ1) is 10.7. The van der Waals surface area contributed by atoms with Gasteiger partial charge in [-0.25, -0.2) is 0 Å². The van der Waals surface area contributed by atoms with Crippen molar-refractivity contribution < 1.29 is 4.79 Å². The van der Waals surface area contributed by atoms with E-state index in [-0.39, 0.29) is 5.91 Å². The number of hydrogen-bond donors (Lipinski definition) is 2. The zero-order valence-electron chi connectivity index (χ0n) is 12.1. The molecule has 1 heterocycles. The van der Waals surface area contributed by atoms with Crippen molar-refractivity contribution in [2.24, 2.45) is 4.99 Å². The van der Waals surface area contributed by atoms with Gasteiger partial charge in [0.05, 0.1) is 11.4 Å². The number of benzene rings is 2. The van der Waals surface area contributed by atoms with Gasteiger partial charge in [-0.15, -0.1) is 0 Å². The van der Waals surface area contributed by atoms with Gasteiger partial charge in [0.15, 0.2) is 0 Å². The van der Waals surface area contributed by atoms with Gasteiger partial charge in [0.1, 0.15) is 6.04 Å². The minimum absolute atomic E-state index is 0.121. The van der Waals surface area contributed by atoms with Gasteiger partial charge in [0.2, 0.25) is 0 Å². The zero-order valence-corrected chi connectivity index (χ0v) is 12.9. The lowest BCUT2D eigenvalue weighted by Gasteiger charge is -2.10. The van der Waals surface area contributed by atoms with Gasteiger partial charge in [0.25, 0.3) is 5.91 Å². The molecule has 0 aromatic heterocycles. The quantitative estimate of drug-likeness (QED) is 0.915. The van der Waals surface area contributed by atoms with Crippen molar-refractivity contribution in [2.45, 2.75) is 6.04 Å². The summed E-state index contributed by atoms with van der Waals surface area (Å²) in [7, 11) is 1.81. The van der Waals surface area contributed by atoms with Crippen molar-refractivity contribution in [3.63, 3.8) is 0 Å². The van der Waals surface area contributed by atoms with E-state index in [1.165, 1.54) is 0 Å². The molecule has 112 valence electrons. The number of benzodiazepines with no additional fused rings is 1. The molecule has 0 aliphatic carbocycles. The summed E-state index contributed by atoms with van der Waals surface area (Å²) >= 11 is 6.14. The summed E-state index contributed by atoms with van der Waals surface area (Å²) in [5, 5.41) is 6.56. The van der Waals surface area contributed by atoms with Crippen LogP contribution < -0.4 is 10.6 Å². The smallest absolute Gasteiger partial charge is 0.250 e. The van der Waals surface area contributed by atoms with Gasteiger partial charge in [-0.1, -0.05) is 41.9 Å². The van der Waals surface area contributed by atoms with Crippen LogP contribution in [0.3, 0.4) is 0 Å². The molecule has 0 bridgehead atoms. The number of halogens is 1. The maximum atomic E-state index is 12.3. The Morgan fingerprint density at radius 1 is 1.23 bits per heavy atom. The third-order valence-electron chi connectivity index (χ3n) is 3.53. The second kappa shape index (κ2) is 6.30. The minimum Gasteiger partial charge on any atom is -0.324 e. The van der Waals surface area contributed by atoms with E-state index in [4.69, 9.17) is 11.6 Å². The third kappa shape index (κ3) is 2.89. The predicted molar refractivity (Wildman–Crippen MR) is 89.9 cm³/mol. The Bertz CT molecular complexity index is 728. The van der Waals surface area contributed by atoms with E-state index >= 15 is 0 Å². The highest BCUT2D eigenvalue weighted by Crippen LogP contribution is 2.27. The maximum Gasteiger partial charge on any atom is 0.250 e. The highest BCUT2D eigenvalue weighted by Gasteiger charge is 2.25. The fourth-order valence-electron chi connectivity index (χ4n) is 2.48. The van der Waals surface area contributed by atoms with Crippen LogP contribution in [0.25, 0.3) is 0 Å². The van der Waals surface area contributed by atoms with E-state index in [0.717, 1.165) is 22.5 Å². The molecule has 0 fully saturated rings. The first-order valence-electron chi connectivity index (χ1n) is 7.07. The zero-order chi connectivity index (χ0) is 15.5. The number of carbonyl (C=O) groups is 1. The number of likely N-dealkylation sites (N-methyl/N-ethyl adjacent to an activating group) is 1. The second-order valence-corrected chi connectivity index (χ2v) is 5.53. The van der Waals surface area contributed by atoms with E-state index < -0.39 is 6.04 Å². The Morgan fingerprint density at radius 3 is 2.73 bits per heavy atom. The van der Waals surface area contributed by atoms with Crippen LogP contribution in [-0.2, 0) is 4.79 Å². The lowest BCUT2D eigenvalue weighted by molar-refractivity contribution is -0.117. The highest BCUT2D eigenvalue weighted by molar-refractivity contribution is 6.32. The number of hydrogen-bond acceptors (Lipinski definition) is 3. The molecule has 22 heavy (non-hydrogen) atoms. The molecule has 1 unspecified atom stereocenters. The first kappa shape index (κ1) is 14.8. The van der Waals surface area contributed by atoms with Crippen LogP contribution >= 0.6 is 11.6 Å². The molecule has 1 aliphatic heterocycles. The number of anilines is 1. The molecule has 0 saturated heterocycles. The first-order valence-corrected chi connectivity index (χ1v) is 7.45. The topological polar surface area (TPSA) is 53.5 Å². The number of rotatable bonds is 3. The van der Waals surface area contributed by atoms with Crippen molar-refractivity contribution >= 4 is 28.9 Å². The Morgan fingerprint density at radius 2 is 2.00 bits per heavy atom. The number of nitrogens with zero attached hydrogens (tertiary/aromatic N) is 1. The molecule has 1 atom stereocenters. The van der Waals surface area contributed by atoms with Gasteiger partial charge in [-0.2, -0.15) is 0 Å². The molecule has 2 aromatic rings. The van der Waals surface area contributed by atoms with Crippen molar-refractivity contribution in [2.75, 3.05) is 18.9 Å². The summed E-state index contributed by atoms with van der Waals surface area (Å²) in [6.45, 7) is 0.476. The minimum atomic E-state index is -0.480. The molecule has 4 nitrogen and oxygen atoms in total. The van der Waals surface area contributed by atoms with Gasteiger partial charge >= 0.3 is 0 Å². The molecule has 0 spiro atoms. The van der Waals surface area contributed by atoms with Crippen molar-refractivity contribution in [1.82, 2.24) is 5.32 Å². The number of fused-ring (bicyclic) bond motifs is 1.